The van der Waals surface area contributed by atoms with Gasteiger partial charge in [0.25, 0.3) is 0 Å². The van der Waals surface area contributed by atoms with Crippen LogP contribution in [-0.2, 0) is 11.3 Å². The Morgan fingerprint density at radius 3 is 3.06 bits per heavy atom. The number of hydrogen-bond acceptors (Lipinski definition) is 4. The van der Waals surface area contributed by atoms with Gasteiger partial charge in [-0.15, -0.1) is 11.3 Å². The van der Waals surface area contributed by atoms with E-state index in [0.29, 0.717) is 12.1 Å². The number of hydrogen-bond donors (Lipinski definition) is 1. The quantitative estimate of drug-likeness (QED) is 0.874. The van der Waals surface area contributed by atoms with E-state index in [1.54, 1.807) is 0 Å². The molecule has 2 fully saturated rings. The van der Waals surface area contributed by atoms with Crippen molar-refractivity contribution in [3.63, 3.8) is 0 Å². The Hall–Kier alpha value is -0.450. The van der Waals surface area contributed by atoms with E-state index in [1.807, 2.05) is 17.5 Å². The summed E-state index contributed by atoms with van der Waals surface area (Å²) in [6.07, 6.45) is 6.21. The minimum Gasteiger partial charge on any atom is -0.377 e. The predicted molar refractivity (Wildman–Crippen MR) is 64.7 cm³/mol. The van der Waals surface area contributed by atoms with Crippen LogP contribution in [0.25, 0.3) is 0 Å². The van der Waals surface area contributed by atoms with E-state index in [0.717, 1.165) is 25.5 Å². The number of aromatic nitrogens is 1. The van der Waals surface area contributed by atoms with E-state index in [-0.39, 0.29) is 0 Å². The van der Waals surface area contributed by atoms with Crippen LogP contribution >= 0.6 is 11.3 Å². The Morgan fingerprint density at radius 1 is 1.50 bits per heavy atom. The van der Waals surface area contributed by atoms with Crippen LogP contribution < -0.4 is 5.32 Å². The molecule has 4 heteroatoms. The molecule has 1 aliphatic heterocycles. The Kier molecular flexibility index (Phi) is 2.96. The summed E-state index contributed by atoms with van der Waals surface area (Å²) in [6.45, 7) is 3.99. The molecule has 0 radical (unpaired) electrons. The number of ether oxygens (including phenoxy) is 1. The predicted octanol–water partition coefficient (Wildman–Crippen LogP) is 2.29. The summed E-state index contributed by atoms with van der Waals surface area (Å²) in [5, 5.41) is 4.91. The van der Waals surface area contributed by atoms with Crippen LogP contribution in [0.15, 0.2) is 6.20 Å². The van der Waals surface area contributed by atoms with Crippen molar-refractivity contribution < 1.29 is 4.74 Å². The van der Waals surface area contributed by atoms with Crippen molar-refractivity contribution in [2.24, 2.45) is 0 Å². The van der Waals surface area contributed by atoms with Gasteiger partial charge in [0.1, 0.15) is 0 Å². The van der Waals surface area contributed by atoms with Crippen molar-refractivity contribution in [2.45, 2.75) is 50.8 Å². The monoisotopic (exact) mass is 238 g/mol. The summed E-state index contributed by atoms with van der Waals surface area (Å²) in [5.74, 6) is 0.785. The lowest BCUT2D eigenvalue weighted by molar-refractivity contribution is 0.113. The summed E-state index contributed by atoms with van der Waals surface area (Å²) >= 11 is 1.87. The maximum Gasteiger partial charge on any atom is 0.0959 e. The molecule has 2 unspecified atom stereocenters. The lowest BCUT2D eigenvalue weighted by Gasteiger charge is -2.14. The first-order valence-electron chi connectivity index (χ1n) is 6.12. The van der Waals surface area contributed by atoms with Crippen molar-refractivity contribution in [3.8, 4) is 0 Å². The molecule has 16 heavy (non-hydrogen) atoms. The highest BCUT2D eigenvalue weighted by atomic mass is 32.1. The molecule has 0 aromatic carbocycles. The molecule has 1 aromatic rings. The zero-order chi connectivity index (χ0) is 11.0. The third-order valence-corrected chi connectivity index (χ3v) is 4.57. The maximum absolute atomic E-state index is 5.53. The van der Waals surface area contributed by atoms with Crippen LogP contribution in [0, 0.1) is 0 Å². The fraction of sp³-hybridized carbons (Fsp3) is 0.750. The molecule has 0 bridgehead atoms. The van der Waals surface area contributed by atoms with Gasteiger partial charge < -0.3 is 10.1 Å². The molecule has 2 aliphatic rings. The minimum atomic E-state index is 0.357. The number of nitrogens with one attached hydrogen (secondary N) is 1. The molecular formula is C12H18N2OS. The molecule has 3 nitrogen and oxygen atoms in total. The standard InChI is InChI=1S/C12H18N2OS/c1-8-11(4-5-15-8)13-6-10-7-14-12(16-10)9-2-3-9/h7-9,11,13H,2-6H2,1H3. The molecule has 1 saturated heterocycles. The first-order chi connectivity index (χ1) is 7.83. The van der Waals surface area contributed by atoms with E-state index in [2.05, 4.69) is 17.2 Å². The van der Waals surface area contributed by atoms with Crippen molar-refractivity contribution in [1.82, 2.24) is 10.3 Å². The Morgan fingerprint density at radius 2 is 2.38 bits per heavy atom. The second kappa shape index (κ2) is 4.43. The van der Waals surface area contributed by atoms with Gasteiger partial charge in [0.05, 0.1) is 11.1 Å². The normalized spacial score (nSPS) is 29.8. The van der Waals surface area contributed by atoms with Crippen LogP contribution in [0.2, 0.25) is 0 Å². The Bertz CT molecular complexity index is 362. The van der Waals surface area contributed by atoms with Gasteiger partial charge in [0.2, 0.25) is 0 Å². The molecule has 3 rings (SSSR count). The Balaban J connectivity index is 1.53. The van der Waals surface area contributed by atoms with Gasteiger partial charge in [-0.3, -0.25) is 0 Å². The number of nitrogens with zero attached hydrogens (tertiary/aromatic N) is 1. The SMILES string of the molecule is CC1OCCC1NCc1cnc(C2CC2)s1. The van der Waals surface area contributed by atoms with Gasteiger partial charge >= 0.3 is 0 Å². The topological polar surface area (TPSA) is 34.1 Å². The second-order valence-corrected chi connectivity index (χ2v) is 5.94. The fourth-order valence-electron chi connectivity index (χ4n) is 2.15. The molecule has 1 aliphatic carbocycles. The van der Waals surface area contributed by atoms with E-state index in [9.17, 15) is 0 Å². The van der Waals surface area contributed by atoms with E-state index < -0.39 is 0 Å². The van der Waals surface area contributed by atoms with Crippen LogP contribution in [0.3, 0.4) is 0 Å². The van der Waals surface area contributed by atoms with E-state index in [4.69, 9.17) is 4.74 Å². The summed E-state index contributed by atoms with van der Waals surface area (Å²) in [7, 11) is 0. The minimum absolute atomic E-state index is 0.357. The van der Waals surface area contributed by atoms with Crippen molar-refractivity contribution >= 4 is 11.3 Å². The molecule has 0 amide bonds. The van der Waals surface area contributed by atoms with Crippen molar-refractivity contribution in [1.29, 1.82) is 0 Å². The van der Waals surface area contributed by atoms with Crippen LogP contribution in [0.5, 0.6) is 0 Å². The zero-order valence-electron chi connectivity index (χ0n) is 9.61. The third-order valence-electron chi connectivity index (χ3n) is 3.41. The van der Waals surface area contributed by atoms with Crippen LogP contribution in [0.4, 0.5) is 0 Å². The molecule has 1 saturated carbocycles. The highest BCUT2D eigenvalue weighted by Crippen LogP contribution is 2.41. The third kappa shape index (κ3) is 2.29. The van der Waals surface area contributed by atoms with Crippen LogP contribution in [-0.4, -0.2) is 23.7 Å². The molecule has 2 heterocycles. The molecule has 1 aromatic heterocycles. The van der Waals surface area contributed by atoms with Gasteiger partial charge in [0, 0.05) is 36.2 Å². The van der Waals surface area contributed by atoms with Gasteiger partial charge in [-0.2, -0.15) is 0 Å². The smallest absolute Gasteiger partial charge is 0.0959 e. The van der Waals surface area contributed by atoms with Crippen LogP contribution in [0.1, 0.15) is 42.0 Å². The average molecular weight is 238 g/mol. The fourth-order valence-corrected chi connectivity index (χ4v) is 3.19. The summed E-state index contributed by atoms with van der Waals surface area (Å²) in [4.78, 5) is 5.85. The first kappa shape index (κ1) is 10.7. The van der Waals surface area contributed by atoms with Gasteiger partial charge in [0.15, 0.2) is 0 Å². The highest BCUT2D eigenvalue weighted by Gasteiger charge is 2.27. The van der Waals surface area contributed by atoms with Gasteiger partial charge in [-0.05, 0) is 26.2 Å². The molecule has 88 valence electrons. The second-order valence-electron chi connectivity index (χ2n) is 4.79. The van der Waals surface area contributed by atoms with E-state index >= 15 is 0 Å². The summed E-state index contributed by atoms with van der Waals surface area (Å²) in [6, 6.07) is 0.520. The number of thiazole rings is 1. The molecule has 2 atom stereocenters. The zero-order valence-corrected chi connectivity index (χ0v) is 10.4. The largest absolute Gasteiger partial charge is 0.377 e. The summed E-state index contributed by atoms with van der Waals surface area (Å²) in [5.41, 5.74) is 0. The van der Waals surface area contributed by atoms with Gasteiger partial charge in [-0.1, -0.05) is 0 Å². The highest BCUT2D eigenvalue weighted by molar-refractivity contribution is 7.11. The van der Waals surface area contributed by atoms with Crippen molar-refractivity contribution in [2.75, 3.05) is 6.61 Å². The number of rotatable bonds is 4. The molecule has 0 spiro atoms. The first-order valence-corrected chi connectivity index (χ1v) is 6.94. The average Bonchev–Trinajstić information content (AvgIpc) is 2.89. The molecule has 1 N–H and O–H groups in total. The van der Waals surface area contributed by atoms with Crippen molar-refractivity contribution in [3.05, 3.63) is 16.1 Å². The lowest BCUT2D eigenvalue weighted by Crippen LogP contribution is -2.33. The van der Waals surface area contributed by atoms with E-state index in [1.165, 1.54) is 22.7 Å². The maximum atomic E-state index is 5.53. The Labute approximate surface area is 100 Å². The summed E-state index contributed by atoms with van der Waals surface area (Å²) < 4.78 is 5.53. The molecular weight excluding hydrogens is 220 g/mol. The van der Waals surface area contributed by atoms with Gasteiger partial charge in [-0.25, -0.2) is 4.98 Å². The lowest BCUT2D eigenvalue weighted by atomic mass is 10.1.